The summed E-state index contributed by atoms with van der Waals surface area (Å²) in [6.45, 7) is 0. The molecule has 6 heteroatoms. The Morgan fingerprint density at radius 2 is 1.93 bits per heavy atom. The summed E-state index contributed by atoms with van der Waals surface area (Å²) in [5.74, 6) is -0.229. The zero-order chi connectivity index (χ0) is 11.1. The molecule has 0 saturated heterocycles. The second-order valence-corrected chi connectivity index (χ2v) is 3.86. The number of aryl methyl sites for hydroxylation is 1. The second-order valence-electron chi connectivity index (χ2n) is 3.50. The minimum absolute atomic E-state index is 0.178. The Morgan fingerprint density at radius 1 is 1.20 bits per heavy atom. The lowest BCUT2D eigenvalue weighted by molar-refractivity contribution is -0.128. The molecule has 0 aliphatic heterocycles. The van der Waals surface area contributed by atoms with Crippen LogP contribution >= 0.6 is 11.6 Å². The van der Waals surface area contributed by atoms with Crippen LogP contribution in [0, 0.1) is 0 Å². The normalized spacial score (nSPS) is 15.5. The molecule has 82 valence electrons. The van der Waals surface area contributed by atoms with Gasteiger partial charge in [-0.15, -0.1) is 0 Å². The molecule has 0 spiro atoms. The molecule has 0 N–H and O–H groups in total. The smallest absolute Gasteiger partial charge is 0.237 e. The van der Waals surface area contributed by atoms with E-state index in [2.05, 4.69) is 9.97 Å². The van der Waals surface area contributed by atoms with Gasteiger partial charge < -0.3 is 0 Å². The molecule has 0 radical (unpaired) electrons. The van der Waals surface area contributed by atoms with Crippen LogP contribution < -0.4 is 0 Å². The summed E-state index contributed by atoms with van der Waals surface area (Å²) in [6.07, 6.45) is -3.04. The lowest BCUT2D eigenvalue weighted by Crippen LogP contribution is -2.15. The largest absolute Gasteiger partial charge is 0.396 e. The van der Waals surface area contributed by atoms with Crippen molar-refractivity contribution in [3.05, 3.63) is 22.2 Å². The maximum Gasteiger partial charge on any atom is 0.396 e. The van der Waals surface area contributed by atoms with Crippen LogP contribution in [-0.4, -0.2) is 16.1 Å². The number of rotatable bonds is 1. The van der Waals surface area contributed by atoms with Crippen molar-refractivity contribution in [1.29, 1.82) is 0 Å². The van der Waals surface area contributed by atoms with Crippen molar-refractivity contribution in [3.8, 4) is 0 Å². The third-order valence-corrected chi connectivity index (χ3v) is 2.60. The molecular weight excluding hydrogens is 229 g/mol. The zero-order valence-electron chi connectivity index (χ0n) is 7.73. The van der Waals surface area contributed by atoms with E-state index in [9.17, 15) is 13.2 Å². The van der Waals surface area contributed by atoms with E-state index in [1.165, 1.54) is 0 Å². The van der Waals surface area contributed by atoms with Crippen molar-refractivity contribution in [1.82, 2.24) is 9.97 Å². The van der Waals surface area contributed by atoms with E-state index >= 15 is 0 Å². The quantitative estimate of drug-likeness (QED) is 0.701. The standard InChI is InChI=1S/C9H8ClF3N2/c10-8-5-2-1-3-6(5)14-7(15-8)4-9(11,12)13/h1-4H2. The summed E-state index contributed by atoms with van der Waals surface area (Å²) in [5.41, 5.74) is 1.48. The van der Waals surface area contributed by atoms with Gasteiger partial charge in [-0.3, -0.25) is 0 Å². The molecule has 2 rings (SSSR count). The van der Waals surface area contributed by atoms with E-state index in [0.717, 1.165) is 18.4 Å². The lowest BCUT2D eigenvalue weighted by atomic mass is 10.2. The zero-order valence-corrected chi connectivity index (χ0v) is 8.49. The van der Waals surface area contributed by atoms with Crippen molar-refractivity contribution in [3.63, 3.8) is 0 Å². The molecule has 2 nitrogen and oxygen atoms in total. The highest BCUT2D eigenvalue weighted by Gasteiger charge is 2.30. The number of aromatic nitrogens is 2. The van der Waals surface area contributed by atoms with Gasteiger partial charge in [-0.05, 0) is 19.3 Å². The van der Waals surface area contributed by atoms with Gasteiger partial charge in [0.15, 0.2) is 0 Å². The fourth-order valence-electron chi connectivity index (χ4n) is 1.69. The van der Waals surface area contributed by atoms with Crippen LogP contribution in [0.4, 0.5) is 13.2 Å². The number of alkyl halides is 3. The number of hydrogen-bond acceptors (Lipinski definition) is 2. The summed E-state index contributed by atoms with van der Waals surface area (Å²) in [6, 6.07) is 0. The second kappa shape index (κ2) is 3.63. The van der Waals surface area contributed by atoms with Gasteiger partial charge in [0.05, 0.1) is 0 Å². The predicted octanol–water partition coefficient (Wildman–Crippen LogP) is 2.72. The Bertz CT molecular complexity index is 390. The van der Waals surface area contributed by atoms with Gasteiger partial charge in [-0.25, -0.2) is 9.97 Å². The molecule has 15 heavy (non-hydrogen) atoms. The molecule has 0 saturated carbocycles. The SMILES string of the molecule is FC(F)(F)Cc1nc(Cl)c2c(n1)CCC2. The van der Waals surface area contributed by atoms with Crippen LogP contribution in [0.1, 0.15) is 23.5 Å². The average Bonchev–Trinajstić information content (AvgIpc) is 2.48. The number of hydrogen-bond donors (Lipinski definition) is 0. The summed E-state index contributed by atoms with van der Waals surface area (Å²) < 4.78 is 36.3. The van der Waals surface area contributed by atoms with Gasteiger partial charge in [0.2, 0.25) is 0 Å². The van der Waals surface area contributed by atoms with Gasteiger partial charge in [-0.2, -0.15) is 13.2 Å². The molecule has 1 aliphatic rings. The van der Waals surface area contributed by atoms with Crippen molar-refractivity contribution in [2.45, 2.75) is 31.9 Å². The molecule has 1 aliphatic carbocycles. The van der Waals surface area contributed by atoms with Crippen LogP contribution in [0.25, 0.3) is 0 Å². The van der Waals surface area contributed by atoms with Crippen molar-refractivity contribution >= 4 is 11.6 Å². The Morgan fingerprint density at radius 3 is 2.60 bits per heavy atom. The number of halogens is 4. The maximum absolute atomic E-state index is 12.1. The molecule has 0 amide bonds. The predicted molar refractivity (Wildman–Crippen MR) is 48.8 cm³/mol. The number of fused-ring (bicyclic) bond motifs is 1. The third-order valence-electron chi connectivity index (χ3n) is 2.29. The van der Waals surface area contributed by atoms with E-state index in [1.54, 1.807) is 0 Å². The first-order chi connectivity index (χ1) is 6.96. The minimum atomic E-state index is -4.28. The molecule has 1 heterocycles. The van der Waals surface area contributed by atoms with E-state index in [4.69, 9.17) is 11.6 Å². The highest BCUT2D eigenvalue weighted by Crippen LogP contribution is 2.27. The lowest BCUT2D eigenvalue weighted by Gasteiger charge is -2.07. The van der Waals surface area contributed by atoms with Crippen LogP contribution in [0.3, 0.4) is 0 Å². The number of nitrogens with zero attached hydrogens (tertiary/aromatic N) is 2. The van der Waals surface area contributed by atoms with Crippen LogP contribution in [0.5, 0.6) is 0 Å². The molecule has 0 aromatic carbocycles. The van der Waals surface area contributed by atoms with Crippen LogP contribution in [0.15, 0.2) is 0 Å². The fraction of sp³-hybridized carbons (Fsp3) is 0.556. The van der Waals surface area contributed by atoms with Gasteiger partial charge >= 0.3 is 6.18 Å². The van der Waals surface area contributed by atoms with Gasteiger partial charge in [0.1, 0.15) is 17.4 Å². The highest BCUT2D eigenvalue weighted by molar-refractivity contribution is 6.30. The van der Waals surface area contributed by atoms with Crippen LogP contribution in [0.2, 0.25) is 5.15 Å². The highest BCUT2D eigenvalue weighted by atomic mass is 35.5. The van der Waals surface area contributed by atoms with Crippen molar-refractivity contribution < 1.29 is 13.2 Å². The average molecular weight is 237 g/mol. The molecular formula is C9H8ClF3N2. The van der Waals surface area contributed by atoms with Gasteiger partial charge in [0.25, 0.3) is 0 Å². The molecule has 0 bridgehead atoms. The van der Waals surface area contributed by atoms with E-state index < -0.39 is 12.6 Å². The molecule has 0 atom stereocenters. The van der Waals surface area contributed by atoms with Crippen molar-refractivity contribution in [2.75, 3.05) is 0 Å². The van der Waals surface area contributed by atoms with Crippen LogP contribution in [-0.2, 0) is 19.3 Å². The minimum Gasteiger partial charge on any atom is -0.237 e. The first kappa shape index (κ1) is 10.7. The molecule has 1 aromatic rings. The maximum atomic E-state index is 12.1. The third kappa shape index (κ3) is 2.40. The fourth-order valence-corrected chi connectivity index (χ4v) is 1.99. The van der Waals surface area contributed by atoms with E-state index in [1.807, 2.05) is 0 Å². The molecule has 0 fully saturated rings. The van der Waals surface area contributed by atoms with Crippen molar-refractivity contribution in [2.24, 2.45) is 0 Å². The Labute approximate surface area is 89.5 Å². The first-order valence-corrected chi connectivity index (χ1v) is 4.94. The first-order valence-electron chi connectivity index (χ1n) is 4.56. The Balaban J connectivity index is 2.32. The molecule has 0 unspecified atom stereocenters. The molecule has 1 aromatic heterocycles. The Hall–Kier alpha value is -0.840. The summed E-state index contributed by atoms with van der Waals surface area (Å²) in [7, 11) is 0. The van der Waals surface area contributed by atoms with E-state index in [0.29, 0.717) is 12.1 Å². The summed E-state index contributed by atoms with van der Waals surface area (Å²) >= 11 is 5.79. The Kier molecular flexibility index (Phi) is 2.58. The summed E-state index contributed by atoms with van der Waals surface area (Å²) in [5, 5.41) is 0.178. The van der Waals surface area contributed by atoms with Gasteiger partial charge in [-0.1, -0.05) is 11.6 Å². The topological polar surface area (TPSA) is 25.8 Å². The van der Waals surface area contributed by atoms with E-state index in [-0.39, 0.29) is 11.0 Å². The summed E-state index contributed by atoms with van der Waals surface area (Å²) in [4.78, 5) is 7.55. The van der Waals surface area contributed by atoms with Gasteiger partial charge in [0, 0.05) is 11.3 Å². The monoisotopic (exact) mass is 236 g/mol.